The van der Waals surface area contributed by atoms with Crippen molar-refractivity contribution in [1.29, 1.82) is 0 Å². The first-order valence-corrected chi connectivity index (χ1v) is 8.45. The molecule has 1 aliphatic heterocycles. The van der Waals surface area contributed by atoms with E-state index in [0.717, 1.165) is 32.7 Å². The maximum Gasteiger partial charge on any atom is 0.0750 e. The fourth-order valence-electron chi connectivity index (χ4n) is 3.14. The molecular formula is C18H30N2O. The third-order valence-corrected chi connectivity index (χ3v) is 4.19. The highest BCUT2D eigenvalue weighted by atomic mass is 16.5. The zero-order valence-electron chi connectivity index (χ0n) is 13.8. The van der Waals surface area contributed by atoms with E-state index in [1.807, 2.05) is 0 Å². The Bertz CT molecular complexity index is 421. The van der Waals surface area contributed by atoms with Crippen molar-refractivity contribution >= 4 is 5.69 Å². The lowest BCUT2D eigenvalue weighted by atomic mass is 10.0. The molecule has 1 aromatic rings. The quantitative estimate of drug-likeness (QED) is 0.827. The zero-order valence-corrected chi connectivity index (χ0v) is 13.8. The highest BCUT2D eigenvalue weighted by Crippen LogP contribution is 2.29. The van der Waals surface area contributed by atoms with Gasteiger partial charge in [-0.1, -0.05) is 32.0 Å². The van der Waals surface area contributed by atoms with E-state index in [-0.39, 0.29) is 0 Å². The molecule has 1 fully saturated rings. The van der Waals surface area contributed by atoms with Crippen LogP contribution in [0.15, 0.2) is 24.3 Å². The minimum absolute atomic E-state index is 0.390. The minimum Gasteiger partial charge on any atom is -0.376 e. The second-order valence-corrected chi connectivity index (χ2v) is 5.92. The molecule has 1 heterocycles. The minimum atomic E-state index is 0.390. The van der Waals surface area contributed by atoms with Crippen molar-refractivity contribution in [2.75, 3.05) is 31.1 Å². The average molecular weight is 290 g/mol. The van der Waals surface area contributed by atoms with Crippen molar-refractivity contribution in [2.24, 2.45) is 0 Å². The number of nitrogens with one attached hydrogen (secondary N) is 1. The molecule has 1 aromatic carbocycles. The maximum absolute atomic E-state index is 5.97. The van der Waals surface area contributed by atoms with Gasteiger partial charge in [-0.3, -0.25) is 0 Å². The summed E-state index contributed by atoms with van der Waals surface area (Å²) in [5, 5.41) is 3.53. The van der Waals surface area contributed by atoms with Crippen LogP contribution in [0.5, 0.6) is 0 Å². The van der Waals surface area contributed by atoms with Gasteiger partial charge in [-0.15, -0.1) is 0 Å². The summed E-state index contributed by atoms with van der Waals surface area (Å²) in [5.41, 5.74) is 2.77. The molecule has 1 saturated heterocycles. The zero-order chi connectivity index (χ0) is 15.1. The summed E-state index contributed by atoms with van der Waals surface area (Å²) in [7, 11) is 0. The van der Waals surface area contributed by atoms with Crippen LogP contribution in [0.4, 0.5) is 5.69 Å². The molecule has 0 aromatic heterocycles. The topological polar surface area (TPSA) is 24.5 Å². The summed E-state index contributed by atoms with van der Waals surface area (Å²) < 4.78 is 5.97. The molecular weight excluding hydrogens is 260 g/mol. The van der Waals surface area contributed by atoms with Gasteiger partial charge in [0, 0.05) is 31.4 Å². The van der Waals surface area contributed by atoms with Gasteiger partial charge in [0.1, 0.15) is 0 Å². The summed E-state index contributed by atoms with van der Waals surface area (Å²) in [6.45, 7) is 10.6. The predicted molar refractivity (Wildman–Crippen MR) is 90.0 cm³/mol. The van der Waals surface area contributed by atoms with Crippen molar-refractivity contribution in [3.8, 4) is 0 Å². The predicted octanol–water partition coefficient (Wildman–Crippen LogP) is 3.75. The first kappa shape index (κ1) is 16.3. The van der Waals surface area contributed by atoms with E-state index in [1.165, 1.54) is 24.1 Å². The van der Waals surface area contributed by atoms with Crippen LogP contribution < -0.4 is 10.2 Å². The van der Waals surface area contributed by atoms with E-state index in [1.54, 1.807) is 0 Å². The number of benzene rings is 1. The highest BCUT2D eigenvalue weighted by Gasteiger charge is 2.23. The van der Waals surface area contributed by atoms with Crippen molar-refractivity contribution in [1.82, 2.24) is 5.32 Å². The lowest BCUT2D eigenvalue weighted by Crippen LogP contribution is -2.40. The van der Waals surface area contributed by atoms with Gasteiger partial charge in [-0.2, -0.15) is 0 Å². The Hall–Kier alpha value is -1.06. The van der Waals surface area contributed by atoms with Gasteiger partial charge >= 0.3 is 0 Å². The van der Waals surface area contributed by atoms with Gasteiger partial charge in [0.25, 0.3) is 0 Å². The van der Waals surface area contributed by atoms with Crippen LogP contribution in [-0.2, 0) is 4.74 Å². The molecule has 3 nitrogen and oxygen atoms in total. The number of para-hydroxylation sites is 1. The Morgan fingerprint density at radius 3 is 2.90 bits per heavy atom. The van der Waals surface area contributed by atoms with Crippen LogP contribution in [0.1, 0.15) is 51.6 Å². The number of anilines is 1. The van der Waals surface area contributed by atoms with Crippen molar-refractivity contribution < 1.29 is 4.74 Å². The van der Waals surface area contributed by atoms with E-state index < -0.39 is 0 Å². The van der Waals surface area contributed by atoms with Gasteiger partial charge in [0.2, 0.25) is 0 Å². The Kier molecular flexibility index (Phi) is 6.52. The van der Waals surface area contributed by atoms with E-state index in [9.17, 15) is 0 Å². The smallest absolute Gasteiger partial charge is 0.0750 e. The van der Waals surface area contributed by atoms with Crippen LogP contribution in [0.2, 0.25) is 0 Å². The van der Waals surface area contributed by atoms with Gasteiger partial charge in [-0.25, -0.2) is 0 Å². The van der Waals surface area contributed by atoms with Gasteiger partial charge in [-0.05, 0) is 44.4 Å². The van der Waals surface area contributed by atoms with Crippen molar-refractivity contribution in [3.05, 3.63) is 29.8 Å². The molecule has 2 unspecified atom stereocenters. The Balaban J connectivity index is 2.09. The molecule has 2 rings (SSSR count). The molecule has 0 radical (unpaired) electrons. The Morgan fingerprint density at radius 1 is 1.33 bits per heavy atom. The fraction of sp³-hybridized carbons (Fsp3) is 0.667. The second kappa shape index (κ2) is 8.40. The van der Waals surface area contributed by atoms with E-state index >= 15 is 0 Å². The van der Waals surface area contributed by atoms with Crippen LogP contribution in [-0.4, -0.2) is 32.3 Å². The summed E-state index contributed by atoms with van der Waals surface area (Å²) >= 11 is 0. The first-order valence-electron chi connectivity index (χ1n) is 8.45. The molecule has 0 saturated carbocycles. The monoisotopic (exact) mass is 290 g/mol. The molecule has 1 aliphatic rings. The Morgan fingerprint density at radius 2 is 2.14 bits per heavy atom. The largest absolute Gasteiger partial charge is 0.376 e. The van der Waals surface area contributed by atoms with Crippen molar-refractivity contribution in [3.63, 3.8) is 0 Å². The van der Waals surface area contributed by atoms with Crippen LogP contribution >= 0.6 is 0 Å². The van der Waals surface area contributed by atoms with E-state index in [2.05, 4.69) is 55.3 Å². The molecule has 0 bridgehead atoms. The second-order valence-electron chi connectivity index (χ2n) is 5.92. The Labute approximate surface area is 129 Å². The molecule has 0 spiro atoms. The number of hydrogen-bond acceptors (Lipinski definition) is 3. The normalized spacial score (nSPS) is 20.5. The van der Waals surface area contributed by atoms with Gasteiger partial charge in [0.05, 0.1) is 6.10 Å². The third kappa shape index (κ3) is 4.45. The van der Waals surface area contributed by atoms with Gasteiger partial charge in [0.15, 0.2) is 0 Å². The molecule has 118 valence electrons. The number of nitrogens with zero attached hydrogens (tertiary/aromatic N) is 1. The lowest BCUT2D eigenvalue weighted by molar-refractivity contribution is 0.0440. The molecule has 0 aliphatic carbocycles. The van der Waals surface area contributed by atoms with Crippen LogP contribution in [0.3, 0.4) is 0 Å². The fourth-order valence-corrected chi connectivity index (χ4v) is 3.14. The molecule has 2 atom stereocenters. The first-order chi connectivity index (χ1) is 10.3. The number of piperidine rings is 1. The molecule has 21 heavy (non-hydrogen) atoms. The number of rotatable bonds is 7. The molecule has 1 N–H and O–H groups in total. The standard InChI is InChI=1S/C18H30N2O/c1-4-13-21-16-9-8-12-20(14-16)18-11-7-6-10-17(18)15(3)19-5-2/h6-7,10-11,15-16,19H,4-5,8-9,12-14H2,1-3H3. The summed E-state index contributed by atoms with van der Waals surface area (Å²) in [6.07, 6.45) is 3.91. The van der Waals surface area contributed by atoms with E-state index in [4.69, 9.17) is 4.74 Å². The molecule has 0 amide bonds. The molecule has 3 heteroatoms. The summed E-state index contributed by atoms with van der Waals surface area (Å²) in [5.74, 6) is 0. The summed E-state index contributed by atoms with van der Waals surface area (Å²) in [4.78, 5) is 2.51. The number of hydrogen-bond donors (Lipinski definition) is 1. The highest BCUT2D eigenvalue weighted by molar-refractivity contribution is 5.55. The summed E-state index contributed by atoms with van der Waals surface area (Å²) in [6, 6.07) is 9.18. The maximum atomic E-state index is 5.97. The van der Waals surface area contributed by atoms with Crippen molar-refractivity contribution in [2.45, 2.75) is 52.2 Å². The van der Waals surface area contributed by atoms with Gasteiger partial charge < -0.3 is 15.0 Å². The third-order valence-electron chi connectivity index (χ3n) is 4.19. The van der Waals surface area contributed by atoms with Crippen LogP contribution in [0.25, 0.3) is 0 Å². The number of ether oxygens (including phenoxy) is 1. The SMILES string of the molecule is CCCOC1CCCN(c2ccccc2C(C)NCC)C1. The lowest BCUT2D eigenvalue weighted by Gasteiger charge is -2.36. The van der Waals surface area contributed by atoms with Crippen LogP contribution in [0, 0.1) is 0 Å². The van der Waals surface area contributed by atoms with E-state index in [0.29, 0.717) is 12.1 Å². The average Bonchev–Trinajstić information content (AvgIpc) is 2.53.